The van der Waals surface area contributed by atoms with Crippen LogP contribution in [-0.4, -0.2) is 50.5 Å². The number of benzene rings is 1. The zero-order valence-corrected chi connectivity index (χ0v) is 14.3. The zero-order valence-electron chi connectivity index (χ0n) is 14.3. The molecule has 1 saturated heterocycles. The van der Waals surface area contributed by atoms with E-state index >= 15 is 0 Å². The lowest BCUT2D eigenvalue weighted by Crippen LogP contribution is -2.46. The summed E-state index contributed by atoms with van der Waals surface area (Å²) in [7, 11) is 1.74. The van der Waals surface area contributed by atoms with Crippen LogP contribution in [0.1, 0.15) is 33.6 Å². The summed E-state index contributed by atoms with van der Waals surface area (Å²) in [5.41, 5.74) is 0.703. The minimum atomic E-state index is -0.517. The summed E-state index contributed by atoms with van der Waals surface area (Å²) in [6, 6.07) is 5.71. The summed E-state index contributed by atoms with van der Waals surface area (Å²) in [6.45, 7) is 0.971. The molecule has 1 aromatic carbocycles. The summed E-state index contributed by atoms with van der Waals surface area (Å²) < 4.78 is 1.56. The van der Waals surface area contributed by atoms with Gasteiger partial charge in [0, 0.05) is 50.1 Å². The van der Waals surface area contributed by atoms with Crippen LogP contribution in [0.3, 0.4) is 0 Å². The van der Waals surface area contributed by atoms with Crippen molar-refractivity contribution in [1.82, 2.24) is 20.0 Å². The first-order valence-electron chi connectivity index (χ1n) is 8.27. The highest BCUT2D eigenvalue weighted by atomic mass is 16.6. The van der Waals surface area contributed by atoms with Gasteiger partial charge in [0.2, 0.25) is 0 Å². The van der Waals surface area contributed by atoms with E-state index in [1.807, 2.05) is 0 Å². The van der Waals surface area contributed by atoms with Gasteiger partial charge < -0.3 is 10.2 Å². The van der Waals surface area contributed by atoms with E-state index in [2.05, 4.69) is 10.4 Å². The van der Waals surface area contributed by atoms with E-state index in [1.54, 1.807) is 28.9 Å². The number of aryl methyl sites for hydroxylation is 1. The number of amides is 2. The van der Waals surface area contributed by atoms with Crippen molar-refractivity contribution < 1.29 is 14.5 Å². The van der Waals surface area contributed by atoms with Crippen LogP contribution < -0.4 is 5.32 Å². The molecule has 2 aromatic rings. The SMILES string of the molecule is Cn1cc(C(=O)NC2CCN(C(=O)c3cccc([N+](=O)[O-])c3)CC2)cn1. The molecule has 0 bridgehead atoms. The van der Waals surface area contributed by atoms with Gasteiger partial charge in [-0.1, -0.05) is 6.07 Å². The fraction of sp³-hybridized carbons (Fsp3) is 0.353. The van der Waals surface area contributed by atoms with E-state index < -0.39 is 4.92 Å². The Morgan fingerprint density at radius 3 is 2.62 bits per heavy atom. The number of non-ortho nitro benzene ring substituents is 1. The second kappa shape index (κ2) is 7.34. The van der Waals surface area contributed by atoms with Gasteiger partial charge in [0.1, 0.15) is 0 Å². The summed E-state index contributed by atoms with van der Waals surface area (Å²) >= 11 is 0. The molecular formula is C17H19N5O4. The Balaban J connectivity index is 1.56. The fourth-order valence-electron chi connectivity index (χ4n) is 2.97. The maximum absolute atomic E-state index is 12.5. The van der Waals surface area contributed by atoms with Crippen LogP contribution in [0.4, 0.5) is 5.69 Å². The van der Waals surface area contributed by atoms with Crippen molar-refractivity contribution >= 4 is 17.5 Å². The van der Waals surface area contributed by atoms with Crippen LogP contribution in [0.5, 0.6) is 0 Å². The lowest BCUT2D eigenvalue weighted by molar-refractivity contribution is -0.384. The van der Waals surface area contributed by atoms with Crippen LogP contribution in [0.2, 0.25) is 0 Å². The minimum absolute atomic E-state index is 0.0168. The average molecular weight is 357 g/mol. The van der Waals surface area contributed by atoms with E-state index in [0.29, 0.717) is 37.1 Å². The number of aromatic nitrogens is 2. The highest BCUT2D eigenvalue weighted by Gasteiger charge is 2.25. The van der Waals surface area contributed by atoms with E-state index in [0.717, 1.165) is 0 Å². The molecule has 2 heterocycles. The zero-order chi connectivity index (χ0) is 18.7. The van der Waals surface area contributed by atoms with Crippen molar-refractivity contribution in [3.63, 3.8) is 0 Å². The topological polar surface area (TPSA) is 110 Å². The molecule has 9 heteroatoms. The van der Waals surface area contributed by atoms with Crippen molar-refractivity contribution in [3.05, 3.63) is 57.9 Å². The number of hydrogen-bond donors (Lipinski definition) is 1. The van der Waals surface area contributed by atoms with Crippen LogP contribution in [0, 0.1) is 10.1 Å². The van der Waals surface area contributed by atoms with Crippen LogP contribution in [0.15, 0.2) is 36.7 Å². The standard InChI is InChI=1S/C17H19N5O4/c1-20-11-13(10-18-20)16(23)19-14-5-7-21(8-6-14)17(24)12-3-2-4-15(9-12)22(25)26/h2-4,9-11,14H,5-8H2,1H3,(H,19,23). The molecule has 0 aliphatic carbocycles. The molecule has 0 atom stereocenters. The Morgan fingerprint density at radius 1 is 1.27 bits per heavy atom. The van der Waals surface area contributed by atoms with Crippen molar-refractivity contribution in [2.24, 2.45) is 7.05 Å². The first kappa shape index (κ1) is 17.6. The molecule has 1 aliphatic rings. The van der Waals surface area contributed by atoms with Gasteiger partial charge in [0.05, 0.1) is 16.7 Å². The molecule has 0 radical (unpaired) electrons. The number of carbonyl (C=O) groups is 2. The molecule has 0 saturated carbocycles. The van der Waals surface area contributed by atoms with E-state index in [-0.39, 0.29) is 23.5 Å². The lowest BCUT2D eigenvalue weighted by Gasteiger charge is -2.32. The van der Waals surface area contributed by atoms with Gasteiger partial charge in [0.25, 0.3) is 17.5 Å². The number of nitrogens with one attached hydrogen (secondary N) is 1. The molecule has 2 amide bonds. The minimum Gasteiger partial charge on any atom is -0.349 e. The van der Waals surface area contributed by atoms with Gasteiger partial charge in [-0.2, -0.15) is 5.10 Å². The number of likely N-dealkylation sites (tertiary alicyclic amines) is 1. The Bertz CT molecular complexity index is 839. The average Bonchev–Trinajstić information content (AvgIpc) is 3.08. The summed E-state index contributed by atoms with van der Waals surface area (Å²) in [6.07, 6.45) is 4.42. The Labute approximate surface area is 149 Å². The predicted octanol–water partition coefficient (Wildman–Crippen LogP) is 1.36. The maximum atomic E-state index is 12.5. The number of hydrogen-bond acceptors (Lipinski definition) is 5. The molecule has 136 valence electrons. The third-order valence-corrected chi connectivity index (χ3v) is 4.39. The second-order valence-electron chi connectivity index (χ2n) is 6.25. The summed E-state index contributed by atoms with van der Waals surface area (Å²) in [5.74, 6) is -0.410. The Morgan fingerprint density at radius 2 is 2.00 bits per heavy atom. The number of nitro benzene ring substituents is 1. The molecule has 9 nitrogen and oxygen atoms in total. The van der Waals surface area contributed by atoms with Gasteiger partial charge >= 0.3 is 0 Å². The quantitative estimate of drug-likeness (QED) is 0.656. The van der Waals surface area contributed by atoms with Crippen molar-refractivity contribution in [2.45, 2.75) is 18.9 Å². The Kier molecular flexibility index (Phi) is 4.97. The molecule has 26 heavy (non-hydrogen) atoms. The Hall–Kier alpha value is -3.23. The van der Waals surface area contributed by atoms with E-state index in [1.165, 1.54) is 24.4 Å². The van der Waals surface area contributed by atoms with Crippen LogP contribution >= 0.6 is 0 Å². The molecular weight excluding hydrogens is 338 g/mol. The molecule has 1 N–H and O–H groups in total. The van der Waals surface area contributed by atoms with Gasteiger partial charge in [-0.3, -0.25) is 24.4 Å². The maximum Gasteiger partial charge on any atom is 0.270 e. The van der Waals surface area contributed by atoms with Crippen LogP contribution in [0.25, 0.3) is 0 Å². The first-order valence-corrected chi connectivity index (χ1v) is 8.27. The second-order valence-corrected chi connectivity index (χ2v) is 6.25. The van der Waals surface area contributed by atoms with E-state index in [4.69, 9.17) is 0 Å². The normalized spacial score (nSPS) is 14.9. The highest BCUT2D eigenvalue weighted by molar-refractivity contribution is 5.95. The van der Waals surface area contributed by atoms with Gasteiger partial charge in [-0.15, -0.1) is 0 Å². The number of nitro groups is 1. The monoisotopic (exact) mass is 357 g/mol. The van der Waals surface area contributed by atoms with Crippen molar-refractivity contribution in [3.8, 4) is 0 Å². The largest absolute Gasteiger partial charge is 0.349 e. The van der Waals surface area contributed by atoms with Crippen molar-refractivity contribution in [2.75, 3.05) is 13.1 Å². The lowest BCUT2D eigenvalue weighted by atomic mass is 10.0. The third-order valence-electron chi connectivity index (χ3n) is 4.39. The number of piperidine rings is 1. The molecule has 0 spiro atoms. The summed E-state index contributed by atoms with van der Waals surface area (Å²) in [5, 5.41) is 17.8. The molecule has 3 rings (SSSR count). The van der Waals surface area contributed by atoms with Gasteiger partial charge in [-0.05, 0) is 18.9 Å². The molecule has 0 unspecified atom stereocenters. The third kappa shape index (κ3) is 3.88. The summed E-state index contributed by atoms with van der Waals surface area (Å²) in [4.78, 5) is 36.7. The smallest absolute Gasteiger partial charge is 0.270 e. The molecule has 1 aromatic heterocycles. The number of nitrogens with zero attached hydrogens (tertiary/aromatic N) is 4. The molecule has 1 aliphatic heterocycles. The van der Waals surface area contributed by atoms with Gasteiger partial charge in [0.15, 0.2) is 0 Å². The predicted molar refractivity (Wildman–Crippen MR) is 92.7 cm³/mol. The first-order chi connectivity index (χ1) is 12.4. The molecule has 1 fully saturated rings. The van der Waals surface area contributed by atoms with E-state index in [9.17, 15) is 19.7 Å². The van der Waals surface area contributed by atoms with Crippen molar-refractivity contribution in [1.29, 1.82) is 0 Å². The highest BCUT2D eigenvalue weighted by Crippen LogP contribution is 2.18. The fourth-order valence-corrected chi connectivity index (χ4v) is 2.97. The number of carbonyl (C=O) groups excluding carboxylic acids is 2. The number of rotatable bonds is 4. The van der Waals surface area contributed by atoms with Crippen LogP contribution in [-0.2, 0) is 7.05 Å². The van der Waals surface area contributed by atoms with Gasteiger partial charge in [-0.25, -0.2) is 0 Å².